The highest BCUT2D eigenvalue weighted by molar-refractivity contribution is 7.21. The van der Waals surface area contributed by atoms with E-state index in [1.165, 1.54) is 13.3 Å². The van der Waals surface area contributed by atoms with E-state index in [1.54, 1.807) is 6.07 Å². The van der Waals surface area contributed by atoms with Gasteiger partial charge in [-0.1, -0.05) is 0 Å². The Morgan fingerprint density at radius 1 is 1.67 bits per heavy atom. The summed E-state index contributed by atoms with van der Waals surface area (Å²) >= 11 is 1.07. The molecule has 2 rings (SSSR count). The molecule has 0 saturated carbocycles. The average Bonchev–Trinajstić information content (AvgIpc) is 2.56. The number of nitrogens with zero attached hydrogens (tertiary/aromatic N) is 1. The number of carboxylic acid groups (broad SMARTS) is 1. The number of carbonyl (C=O) groups is 1. The van der Waals surface area contributed by atoms with E-state index in [-0.39, 0.29) is 10.6 Å². The molecule has 5 nitrogen and oxygen atoms in total. The van der Waals surface area contributed by atoms with Crippen molar-refractivity contribution in [3.8, 4) is 5.75 Å². The third-order valence-corrected chi connectivity index (χ3v) is 3.18. The van der Waals surface area contributed by atoms with Gasteiger partial charge < -0.3 is 15.6 Å². The molecule has 0 fully saturated rings. The number of thiophene rings is 1. The number of ether oxygens (including phenoxy) is 1. The van der Waals surface area contributed by atoms with Crippen molar-refractivity contribution in [2.75, 3.05) is 12.8 Å². The van der Waals surface area contributed by atoms with Gasteiger partial charge in [0.15, 0.2) is 0 Å². The van der Waals surface area contributed by atoms with Gasteiger partial charge in [-0.3, -0.25) is 4.98 Å². The Bertz CT molecular complexity index is 535. The van der Waals surface area contributed by atoms with Crippen LogP contribution in [0.15, 0.2) is 12.3 Å². The second kappa shape index (κ2) is 3.39. The van der Waals surface area contributed by atoms with Gasteiger partial charge in [0.2, 0.25) is 0 Å². The lowest BCUT2D eigenvalue weighted by Gasteiger charge is -1.98. The molecule has 2 aromatic rings. The Morgan fingerprint density at radius 2 is 2.40 bits per heavy atom. The molecule has 3 N–H and O–H groups in total. The Labute approximate surface area is 89.1 Å². The van der Waals surface area contributed by atoms with Crippen LogP contribution in [-0.2, 0) is 0 Å². The van der Waals surface area contributed by atoms with Crippen molar-refractivity contribution in [1.82, 2.24) is 4.98 Å². The average molecular weight is 224 g/mol. The molecule has 2 heterocycles. The summed E-state index contributed by atoms with van der Waals surface area (Å²) in [5.74, 6) is -0.457. The van der Waals surface area contributed by atoms with E-state index in [1.807, 2.05) is 0 Å². The van der Waals surface area contributed by atoms with E-state index in [0.717, 1.165) is 11.3 Å². The lowest BCUT2D eigenvalue weighted by Crippen LogP contribution is -1.97. The second-order valence-corrected chi connectivity index (χ2v) is 3.86. The van der Waals surface area contributed by atoms with Crippen LogP contribution < -0.4 is 10.5 Å². The van der Waals surface area contributed by atoms with Gasteiger partial charge in [0.1, 0.15) is 16.1 Å². The molecule has 0 saturated heterocycles. The van der Waals surface area contributed by atoms with Crippen LogP contribution in [0.2, 0.25) is 0 Å². The highest BCUT2D eigenvalue weighted by Gasteiger charge is 2.18. The number of carboxylic acids is 1. The van der Waals surface area contributed by atoms with Crippen LogP contribution in [0.1, 0.15) is 9.67 Å². The number of nitrogens with two attached hydrogens (primary N) is 1. The first-order valence-electron chi connectivity index (χ1n) is 4.09. The standard InChI is InChI=1S/C9H8N2O3S/c1-14-4-2-3-11-6-5(10)8(9(12)13)15-7(4)6/h2-3H,10H2,1H3,(H,12,13). The molecule has 78 valence electrons. The summed E-state index contributed by atoms with van der Waals surface area (Å²) in [6.07, 6.45) is 1.54. The molecule has 0 amide bonds. The van der Waals surface area contributed by atoms with Crippen LogP contribution in [0.5, 0.6) is 5.75 Å². The smallest absolute Gasteiger partial charge is 0.348 e. The van der Waals surface area contributed by atoms with Crippen LogP contribution in [-0.4, -0.2) is 23.2 Å². The zero-order chi connectivity index (χ0) is 11.0. The van der Waals surface area contributed by atoms with Crippen LogP contribution in [0.4, 0.5) is 5.69 Å². The highest BCUT2D eigenvalue weighted by atomic mass is 32.1. The molecule has 0 radical (unpaired) electrons. The topological polar surface area (TPSA) is 85.4 Å². The Morgan fingerprint density at radius 3 is 3.00 bits per heavy atom. The van der Waals surface area contributed by atoms with E-state index in [4.69, 9.17) is 15.6 Å². The van der Waals surface area contributed by atoms with Crippen LogP contribution in [0, 0.1) is 0 Å². The largest absolute Gasteiger partial charge is 0.495 e. The SMILES string of the molecule is COc1ccnc2c(N)c(C(=O)O)sc12. The predicted molar refractivity (Wildman–Crippen MR) is 57.5 cm³/mol. The second-order valence-electron chi connectivity index (χ2n) is 2.84. The van der Waals surface area contributed by atoms with Crippen LogP contribution in [0.25, 0.3) is 10.2 Å². The number of anilines is 1. The summed E-state index contributed by atoms with van der Waals surface area (Å²) in [5.41, 5.74) is 6.35. The van der Waals surface area contributed by atoms with E-state index < -0.39 is 5.97 Å². The maximum Gasteiger partial charge on any atom is 0.348 e. The molecule has 6 heteroatoms. The number of rotatable bonds is 2. The van der Waals surface area contributed by atoms with Crippen molar-refractivity contribution >= 4 is 33.2 Å². The van der Waals surface area contributed by atoms with Crippen molar-refractivity contribution in [1.29, 1.82) is 0 Å². The molecule has 0 atom stereocenters. The molecule has 0 aliphatic rings. The van der Waals surface area contributed by atoms with Crippen molar-refractivity contribution in [3.05, 3.63) is 17.1 Å². The van der Waals surface area contributed by atoms with Crippen molar-refractivity contribution in [2.24, 2.45) is 0 Å². The molecule has 0 aliphatic heterocycles. The zero-order valence-corrected chi connectivity index (χ0v) is 8.67. The molecule has 0 unspecified atom stereocenters. The fourth-order valence-corrected chi connectivity index (χ4v) is 2.31. The fraction of sp³-hybridized carbons (Fsp3) is 0.111. The van der Waals surface area contributed by atoms with Gasteiger partial charge in [0.05, 0.1) is 17.5 Å². The van der Waals surface area contributed by atoms with Gasteiger partial charge in [0, 0.05) is 6.20 Å². The number of aromatic nitrogens is 1. The third-order valence-electron chi connectivity index (χ3n) is 1.99. The summed E-state index contributed by atoms with van der Waals surface area (Å²) in [6, 6.07) is 1.67. The fourth-order valence-electron chi connectivity index (χ4n) is 1.31. The number of hydrogen-bond acceptors (Lipinski definition) is 5. The molecule has 15 heavy (non-hydrogen) atoms. The molecular formula is C9H8N2O3S. The number of fused-ring (bicyclic) bond motifs is 1. The molecule has 0 spiro atoms. The first-order valence-corrected chi connectivity index (χ1v) is 4.91. The Hall–Kier alpha value is -1.82. The van der Waals surface area contributed by atoms with Crippen LogP contribution in [0.3, 0.4) is 0 Å². The minimum Gasteiger partial charge on any atom is -0.495 e. The van der Waals surface area contributed by atoms with Gasteiger partial charge >= 0.3 is 5.97 Å². The Kier molecular flexibility index (Phi) is 2.20. The lowest BCUT2D eigenvalue weighted by atomic mass is 10.3. The van der Waals surface area contributed by atoms with E-state index in [2.05, 4.69) is 4.98 Å². The number of pyridine rings is 1. The van der Waals surface area contributed by atoms with Gasteiger partial charge in [-0.25, -0.2) is 4.79 Å². The molecular weight excluding hydrogens is 216 g/mol. The molecule has 0 aromatic carbocycles. The number of hydrogen-bond donors (Lipinski definition) is 2. The van der Waals surface area contributed by atoms with Gasteiger partial charge in [-0.15, -0.1) is 11.3 Å². The minimum absolute atomic E-state index is 0.0991. The summed E-state index contributed by atoms with van der Waals surface area (Å²) < 4.78 is 5.76. The number of methoxy groups -OCH3 is 1. The Balaban J connectivity index is 2.81. The first kappa shape index (κ1) is 9.72. The number of aromatic carboxylic acids is 1. The molecule has 2 aromatic heterocycles. The third kappa shape index (κ3) is 1.39. The van der Waals surface area contributed by atoms with E-state index >= 15 is 0 Å². The maximum absolute atomic E-state index is 10.9. The monoisotopic (exact) mass is 224 g/mol. The summed E-state index contributed by atoms with van der Waals surface area (Å²) in [5, 5.41) is 8.89. The van der Waals surface area contributed by atoms with E-state index in [9.17, 15) is 4.79 Å². The molecule has 0 aliphatic carbocycles. The summed E-state index contributed by atoms with van der Waals surface area (Å²) in [6.45, 7) is 0. The van der Waals surface area contributed by atoms with Crippen molar-refractivity contribution in [2.45, 2.75) is 0 Å². The van der Waals surface area contributed by atoms with Crippen LogP contribution >= 0.6 is 11.3 Å². The minimum atomic E-state index is -1.04. The highest BCUT2D eigenvalue weighted by Crippen LogP contribution is 2.37. The van der Waals surface area contributed by atoms with Crippen molar-refractivity contribution < 1.29 is 14.6 Å². The number of nitrogen functional groups attached to an aromatic ring is 1. The lowest BCUT2D eigenvalue weighted by molar-refractivity contribution is 0.0703. The maximum atomic E-state index is 10.9. The van der Waals surface area contributed by atoms with E-state index in [0.29, 0.717) is 16.0 Å². The quantitative estimate of drug-likeness (QED) is 0.808. The first-order chi connectivity index (χ1) is 7.15. The summed E-state index contributed by atoms with van der Waals surface area (Å²) in [7, 11) is 1.52. The predicted octanol–water partition coefficient (Wildman–Crippen LogP) is 1.59. The molecule has 0 bridgehead atoms. The van der Waals surface area contributed by atoms with Gasteiger partial charge in [-0.05, 0) is 6.07 Å². The normalized spacial score (nSPS) is 10.5. The van der Waals surface area contributed by atoms with Gasteiger partial charge in [0.25, 0.3) is 0 Å². The zero-order valence-electron chi connectivity index (χ0n) is 7.85. The van der Waals surface area contributed by atoms with Gasteiger partial charge in [-0.2, -0.15) is 0 Å². The summed E-state index contributed by atoms with van der Waals surface area (Å²) in [4.78, 5) is 15.0. The van der Waals surface area contributed by atoms with Crippen molar-refractivity contribution in [3.63, 3.8) is 0 Å².